The summed E-state index contributed by atoms with van der Waals surface area (Å²) in [6.45, 7) is 5.50. The minimum absolute atomic E-state index is 0.318. The van der Waals surface area contributed by atoms with E-state index in [-0.39, 0.29) is 0 Å². The lowest BCUT2D eigenvalue weighted by atomic mass is 10.2. The monoisotopic (exact) mass is 165 g/mol. The zero-order valence-corrected chi connectivity index (χ0v) is 7.04. The SMILES string of the molecule is C=CCC(=CC#N)C(=O)OCC. The summed E-state index contributed by atoms with van der Waals surface area (Å²) in [5.41, 5.74) is 0.342. The van der Waals surface area contributed by atoms with Crippen LogP contribution in [-0.4, -0.2) is 12.6 Å². The van der Waals surface area contributed by atoms with Gasteiger partial charge in [0.15, 0.2) is 0 Å². The summed E-state index contributed by atoms with van der Waals surface area (Å²) in [7, 11) is 0. The fraction of sp³-hybridized carbons (Fsp3) is 0.333. The van der Waals surface area contributed by atoms with Crippen molar-refractivity contribution in [3.05, 3.63) is 24.3 Å². The molecule has 0 amide bonds. The zero-order valence-electron chi connectivity index (χ0n) is 7.04. The topological polar surface area (TPSA) is 50.1 Å². The maximum absolute atomic E-state index is 11.0. The van der Waals surface area contributed by atoms with Crippen LogP contribution in [0.15, 0.2) is 24.3 Å². The quantitative estimate of drug-likeness (QED) is 0.275. The number of hydrogen-bond donors (Lipinski definition) is 0. The summed E-state index contributed by atoms with van der Waals surface area (Å²) >= 11 is 0. The Morgan fingerprint density at radius 2 is 2.42 bits per heavy atom. The second-order valence-electron chi connectivity index (χ2n) is 2.01. The molecule has 3 heteroatoms. The van der Waals surface area contributed by atoms with Crippen LogP contribution in [0.4, 0.5) is 0 Å². The highest BCUT2D eigenvalue weighted by Crippen LogP contribution is 2.03. The molecule has 0 heterocycles. The largest absolute Gasteiger partial charge is 0.463 e. The first-order valence-electron chi connectivity index (χ1n) is 3.63. The summed E-state index contributed by atoms with van der Waals surface area (Å²) in [4.78, 5) is 11.0. The molecule has 0 aromatic carbocycles. The van der Waals surface area contributed by atoms with E-state index in [9.17, 15) is 4.79 Å². The van der Waals surface area contributed by atoms with Crippen molar-refractivity contribution in [3.8, 4) is 6.07 Å². The third-order valence-corrected chi connectivity index (χ3v) is 1.14. The van der Waals surface area contributed by atoms with Gasteiger partial charge in [0, 0.05) is 6.08 Å². The van der Waals surface area contributed by atoms with Crippen molar-refractivity contribution < 1.29 is 9.53 Å². The normalized spacial score (nSPS) is 10.2. The molecule has 0 saturated heterocycles. The van der Waals surface area contributed by atoms with Crippen molar-refractivity contribution in [2.24, 2.45) is 0 Å². The third kappa shape index (κ3) is 3.57. The molecule has 0 rings (SSSR count). The number of esters is 1. The molecule has 0 N–H and O–H groups in total. The Kier molecular flexibility index (Phi) is 5.37. The van der Waals surface area contributed by atoms with E-state index in [0.717, 1.165) is 0 Å². The second-order valence-corrected chi connectivity index (χ2v) is 2.01. The number of nitriles is 1. The van der Waals surface area contributed by atoms with Gasteiger partial charge in [0.25, 0.3) is 0 Å². The van der Waals surface area contributed by atoms with E-state index >= 15 is 0 Å². The van der Waals surface area contributed by atoms with E-state index in [1.807, 2.05) is 0 Å². The maximum atomic E-state index is 11.0. The molecular weight excluding hydrogens is 154 g/mol. The van der Waals surface area contributed by atoms with Crippen LogP contribution in [0.25, 0.3) is 0 Å². The molecule has 0 bridgehead atoms. The number of hydrogen-bond acceptors (Lipinski definition) is 3. The fourth-order valence-corrected chi connectivity index (χ4v) is 0.658. The van der Waals surface area contributed by atoms with Crippen LogP contribution in [0.2, 0.25) is 0 Å². The van der Waals surface area contributed by atoms with Crippen molar-refractivity contribution in [1.29, 1.82) is 5.26 Å². The molecule has 0 aliphatic heterocycles. The van der Waals surface area contributed by atoms with Gasteiger partial charge in [-0.3, -0.25) is 0 Å². The molecule has 0 aromatic rings. The molecule has 0 radical (unpaired) electrons. The minimum atomic E-state index is -0.445. The molecule has 64 valence electrons. The van der Waals surface area contributed by atoms with Gasteiger partial charge in [-0.25, -0.2) is 4.79 Å². The maximum Gasteiger partial charge on any atom is 0.335 e. The fourth-order valence-electron chi connectivity index (χ4n) is 0.658. The lowest BCUT2D eigenvalue weighted by molar-refractivity contribution is -0.138. The lowest BCUT2D eigenvalue weighted by Gasteiger charge is -2.01. The number of carbonyl (C=O) groups is 1. The summed E-state index contributed by atoms with van der Waals surface area (Å²) < 4.78 is 4.70. The van der Waals surface area contributed by atoms with Gasteiger partial charge < -0.3 is 4.74 Å². The molecule has 3 nitrogen and oxygen atoms in total. The highest BCUT2D eigenvalue weighted by atomic mass is 16.5. The number of nitrogens with zero attached hydrogens (tertiary/aromatic N) is 1. The first-order valence-corrected chi connectivity index (χ1v) is 3.63. The predicted molar refractivity (Wildman–Crippen MR) is 45.1 cm³/mol. The third-order valence-electron chi connectivity index (χ3n) is 1.14. The smallest absolute Gasteiger partial charge is 0.335 e. The molecule has 12 heavy (non-hydrogen) atoms. The van der Waals surface area contributed by atoms with Gasteiger partial charge in [0.2, 0.25) is 0 Å². The molecule has 0 aliphatic carbocycles. The van der Waals surface area contributed by atoms with E-state index in [4.69, 9.17) is 10.00 Å². The average molecular weight is 165 g/mol. The van der Waals surface area contributed by atoms with Gasteiger partial charge in [0.1, 0.15) is 0 Å². The van der Waals surface area contributed by atoms with Crippen LogP contribution in [0.3, 0.4) is 0 Å². The van der Waals surface area contributed by atoms with Crippen molar-refractivity contribution in [3.63, 3.8) is 0 Å². The number of allylic oxidation sites excluding steroid dienone is 2. The van der Waals surface area contributed by atoms with Gasteiger partial charge in [-0.05, 0) is 13.3 Å². The van der Waals surface area contributed by atoms with Gasteiger partial charge in [-0.15, -0.1) is 6.58 Å². The Hall–Kier alpha value is -1.56. The van der Waals surface area contributed by atoms with Crippen molar-refractivity contribution in [1.82, 2.24) is 0 Å². The van der Waals surface area contributed by atoms with E-state index in [1.165, 1.54) is 6.08 Å². The summed E-state index contributed by atoms with van der Waals surface area (Å²) in [6, 6.07) is 1.78. The standard InChI is InChI=1S/C9H11NO2/c1-3-5-8(6-7-10)9(11)12-4-2/h3,6H,1,4-5H2,2H3. The molecule has 0 unspecified atom stereocenters. The minimum Gasteiger partial charge on any atom is -0.463 e. The first kappa shape index (κ1) is 10.4. The van der Waals surface area contributed by atoms with E-state index in [0.29, 0.717) is 18.6 Å². The predicted octanol–water partition coefficient (Wildman–Crippen LogP) is 1.58. The summed E-state index contributed by atoms with van der Waals surface area (Å²) in [5.74, 6) is -0.445. The van der Waals surface area contributed by atoms with Crippen LogP contribution >= 0.6 is 0 Å². The van der Waals surface area contributed by atoms with Gasteiger partial charge in [-0.2, -0.15) is 5.26 Å². The average Bonchev–Trinajstić information content (AvgIpc) is 2.04. The molecule has 0 fully saturated rings. The number of rotatable bonds is 4. The number of carbonyl (C=O) groups excluding carboxylic acids is 1. The molecular formula is C9H11NO2. The van der Waals surface area contributed by atoms with Gasteiger partial charge in [0.05, 0.1) is 18.2 Å². The molecule has 0 aliphatic rings. The van der Waals surface area contributed by atoms with Crippen LogP contribution in [0.1, 0.15) is 13.3 Å². The Labute approximate surface area is 71.9 Å². The Bertz CT molecular complexity index is 235. The van der Waals surface area contributed by atoms with Crippen molar-refractivity contribution in [2.45, 2.75) is 13.3 Å². The molecule has 0 aromatic heterocycles. The Balaban J connectivity index is 4.31. The first-order chi connectivity index (χ1) is 5.76. The Morgan fingerprint density at radius 3 is 2.83 bits per heavy atom. The molecule has 0 saturated carbocycles. The highest BCUT2D eigenvalue weighted by Gasteiger charge is 2.07. The summed E-state index contributed by atoms with van der Waals surface area (Å²) in [5, 5.41) is 8.31. The second kappa shape index (κ2) is 6.17. The van der Waals surface area contributed by atoms with Crippen LogP contribution in [-0.2, 0) is 9.53 Å². The summed E-state index contributed by atoms with van der Waals surface area (Å²) in [6.07, 6.45) is 3.10. The lowest BCUT2D eigenvalue weighted by Crippen LogP contribution is -2.06. The van der Waals surface area contributed by atoms with Crippen LogP contribution in [0.5, 0.6) is 0 Å². The van der Waals surface area contributed by atoms with Gasteiger partial charge in [-0.1, -0.05) is 6.08 Å². The van der Waals surface area contributed by atoms with E-state index in [1.54, 1.807) is 19.1 Å². The highest BCUT2D eigenvalue weighted by molar-refractivity contribution is 5.89. The van der Waals surface area contributed by atoms with Gasteiger partial charge >= 0.3 is 5.97 Å². The van der Waals surface area contributed by atoms with Crippen molar-refractivity contribution >= 4 is 5.97 Å². The Morgan fingerprint density at radius 1 is 1.75 bits per heavy atom. The van der Waals surface area contributed by atoms with Crippen molar-refractivity contribution in [2.75, 3.05) is 6.61 Å². The molecule has 0 atom stereocenters. The van der Waals surface area contributed by atoms with E-state index in [2.05, 4.69) is 6.58 Å². The zero-order chi connectivity index (χ0) is 9.40. The van der Waals surface area contributed by atoms with E-state index < -0.39 is 5.97 Å². The number of ether oxygens (including phenoxy) is 1. The molecule has 0 spiro atoms. The van der Waals surface area contributed by atoms with Crippen LogP contribution < -0.4 is 0 Å². The van der Waals surface area contributed by atoms with Crippen LogP contribution in [0, 0.1) is 11.3 Å².